The zero-order valence-corrected chi connectivity index (χ0v) is 12.7. The molecule has 0 aliphatic heterocycles. The van der Waals surface area contributed by atoms with Gasteiger partial charge in [-0.25, -0.2) is 0 Å². The standard InChI is InChI=1S/C15H14N2O5S/c18-11-7-5-10(6-8-11)9-12(15(19)20)16-23-14-4-2-1-3-13(14)17(21)22/h1-8,12,16,18H,9H2,(H,19,20)/p-1/t12-/m1/s1. The minimum Gasteiger partial charge on any atom is -0.548 e. The molecule has 2 N–H and O–H groups in total. The van der Waals surface area contributed by atoms with Crippen LogP contribution in [-0.4, -0.2) is 22.0 Å². The number of nitrogens with one attached hydrogen (secondary N) is 1. The van der Waals surface area contributed by atoms with Crippen LogP contribution in [0.1, 0.15) is 5.56 Å². The van der Waals surface area contributed by atoms with Crippen LogP contribution >= 0.6 is 11.9 Å². The van der Waals surface area contributed by atoms with Crippen molar-refractivity contribution in [3.63, 3.8) is 0 Å². The van der Waals surface area contributed by atoms with E-state index in [9.17, 15) is 25.1 Å². The predicted octanol–water partition coefficient (Wildman–Crippen LogP) is 1.26. The maximum Gasteiger partial charge on any atom is 0.284 e. The van der Waals surface area contributed by atoms with Crippen molar-refractivity contribution in [1.29, 1.82) is 0 Å². The Morgan fingerprint density at radius 2 is 1.87 bits per heavy atom. The maximum absolute atomic E-state index is 11.2. The van der Waals surface area contributed by atoms with Crippen LogP contribution < -0.4 is 9.83 Å². The van der Waals surface area contributed by atoms with Crippen molar-refractivity contribution in [2.75, 3.05) is 0 Å². The van der Waals surface area contributed by atoms with Gasteiger partial charge in [-0.15, -0.1) is 0 Å². The molecular formula is C15H13N2O5S-. The van der Waals surface area contributed by atoms with Crippen LogP contribution in [0.25, 0.3) is 0 Å². The number of phenols is 1. The summed E-state index contributed by atoms with van der Waals surface area (Å²) in [6, 6.07) is 11.1. The molecule has 0 aliphatic rings. The van der Waals surface area contributed by atoms with E-state index in [0.717, 1.165) is 11.9 Å². The van der Waals surface area contributed by atoms with Crippen LogP contribution in [0, 0.1) is 10.1 Å². The van der Waals surface area contributed by atoms with Gasteiger partial charge >= 0.3 is 0 Å². The summed E-state index contributed by atoms with van der Waals surface area (Å²) in [7, 11) is 0. The van der Waals surface area contributed by atoms with Crippen molar-refractivity contribution < 1.29 is 19.9 Å². The molecule has 2 aromatic rings. The van der Waals surface area contributed by atoms with Crippen LogP contribution in [0.5, 0.6) is 5.75 Å². The van der Waals surface area contributed by atoms with E-state index in [1.807, 2.05) is 0 Å². The second-order valence-electron chi connectivity index (χ2n) is 4.69. The van der Waals surface area contributed by atoms with Crippen LogP contribution in [0.3, 0.4) is 0 Å². The number of hydrogen-bond acceptors (Lipinski definition) is 7. The average Bonchev–Trinajstić information content (AvgIpc) is 2.53. The van der Waals surface area contributed by atoms with Gasteiger partial charge in [-0.2, -0.15) is 0 Å². The summed E-state index contributed by atoms with van der Waals surface area (Å²) in [5.74, 6) is -1.23. The number of aromatic hydroxyl groups is 1. The molecular weight excluding hydrogens is 320 g/mol. The Bertz CT molecular complexity index is 705. The Morgan fingerprint density at radius 3 is 2.48 bits per heavy atom. The second kappa shape index (κ2) is 7.61. The van der Waals surface area contributed by atoms with Gasteiger partial charge in [0.15, 0.2) is 0 Å². The molecule has 120 valence electrons. The second-order valence-corrected chi connectivity index (χ2v) is 5.57. The van der Waals surface area contributed by atoms with E-state index in [1.165, 1.54) is 30.3 Å². The molecule has 1 atom stereocenters. The van der Waals surface area contributed by atoms with Crippen LogP contribution in [-0.2, 0) is 11.2 Å². The summed E-state index contributed by atoms with van der Waals surface area (Å²) in [4.78, 5) is 22.0. The molecule has 8 heteroatoms. The smallest absolute Gasteiger partial charge is 0.284 e. The SMILES string of the molecule is O=C([O-])[C@@H](Cc1ccc(O)cc1)NSc1ccccc1[N+](=O)[O-]. The topological polar surface area (TPSA) is 116 Å². The monoisotopic (exact) mass is 333 g/mol. The minimum atomic E-state index is -1.32. The van der Waals surface area contributed by atoms with E-state index in [2.05, 4.69) is 4.72 Å². The van der Waals surface area contributed by atoms with Crippen LogP contribution in [0.2, 0.25) is 0 Å². The largest absolute Gasteiger partial charge is 0.548 e. The molecule has 2 rings (SSSR count). The third-order valence-corrected chi connectivity index (χ3v) is 4.00. The Morgan fingerprint density at radius 1 is 1.22 bits per heavy atom. The van der Waals surface area contributed by atoms with Crippen molar-refractivity contribution in [2.45, 2.75) is 17.4 Å². The highest BCUT2D eigenvalue weighted by molar-refractivity contribution is 7.97. The van der Waals surface area contributed by atoms with Gasteiger partial charge < -0.3 is 15.0 Å². The molecule has 23 heavy (non-hydrogen) atoms. The van der Waals surface area contributed by atoms with Crippen molar-refractivity contribution in [3.8, 4) is 5.75 Å². The third-order valence-electron chi connectivity index (χ3n) is 3.03. The van der Waals surface area contributed by atoms with Gasteiger partial charge in [0.2, 0.25) is 0 Å². The first-order valence-corrected chi connectivity index (χ1v) is 7.43. The van der Waals surface area contributed by atoms with E-state index in [0.29, 0.717) is 10.5 Å². The van der Waals surface area contributed by atoms with E-state index >= 15 is 0 Å². The number of nitrogens with zero attached hydrogens (tertiary/aromatic N) is 1. The molecule has 7 nitrogen and oxygen atoms in total. The molecule has 0 saturated carbocycles. The fraction of sp³-hybridized carbons (Fsp3) is 0.133. The Labute approximate surface area is 136 Å². The van der Waals surface area contributed by atoms with Gasteiger partial charge in [0, 0.05) is 6.07 Å². The highest BCUT2D eigenvalue weighted by atomic mass is 32.2. The zero-order chi connectivity index (χ0) is 16.8. The number of carbonyl (C=O) groups is 1. The molecule has 0 bridgehead atoms. The van der Waals surface area contributed by atoms with Gasteiger partial charge in [0.1, 0.15) is 10.6 Å². The number of nitro benzene ring substituents is 1. The fourth-order valence-corrected chi connectivity index (χ4v) is 2.71. The number of nitro groups is 1. The quantitative estimate of drug-likeness (QED) is 0.445. The van der Waals surface area contributed by atoms with Crippen molar-refractivity contribution in [2.24, 2.45) is 0 Å². The number of carbonyl (C=O) groups excluding carboxylic acids is 1. The third kappa shape index (κ3) is 4.70. The van der Waals surface area contributed by atoms with E-state index < -0.39 is 16.9 Å². The fourth-order valence-electron chi connectivity index (χ4n) is 1.87. The molecule has 0 saturated heterocycles. The molecule has 0 fully saturated rings. The molecule has 0 aliphatic carbocycles. The van der Waals surface area contributed by atoms with Crippen LogP contribution in [0.15, 0.2) is 53.4 Å². The number of benzene rings is 2. The average molecular weight is 333 g/mol. The number of hydrogen-bond donors (Lipinski definition) is 2. The summed E-state index contributed by atoms with van der Waals surface area (Å²) >= 11 is 0.872. The minimum absolute atomic E-state index is 0.0843. The lowest BCUT2D eigenvalue weighted by molar-refractivity contribution is -0.387. The van der Waals surface area contributed by atoms with Crippen molar-refractivity contribution in [1.82, 2.24) is 4.72 Å². The summed E-state index contributed by atoms with van der Waals surface area (Å²) in [6.07, 6.45) is 0.121. The molecule has 0 aromatic heterocycles. The highest BCUT2D eigenvalue weighted by Crippen LogP contribution is 2.27. The Kier molecular flexibility index (Phi) is 5.56. The number of rotatable bonds is 7. The summed E-state index contributed by atoms with van der Waals surface area (Å²) < 4.78 is 2.68. The first-order chi connectivity index (χ1) is 11.0. The lowest BCUT2D eigenvalue weighted by Gasteiger charge is -2.19. The van der Waals surface area contributed by atoms with Crippen LogP contribution in [0.4, 0.5) is 5.69 Å². The lowest BCUT2D eigenvalue weighted by atomic mass is 10.1. The van der Waals surface area contributed by atoms with Crippen molar-refractivity contribution >= 4 is 23.6 Å². The number of para-hydroxylation sites is 1. The van der Waals surface area contributed by atoms with Gasteiger partial charge in [-0.05, 0) is 42.1 Å². The Hall–Kier alpha value is -2.58. The zero-order valence-electron chi connectivity index (χ0n) is 11.8. The molecule has 0 spiro atoms. The Balaban J connectivity index is 2.07. The summed E-state index contributed by atoms with van der Waals surface area (Å²) in [5.41, 5.74) is 0.583. The highest BCUT2D eigenvalue weighted by Gasteiger charge is 2.16. The van der Waals surface area contributed by atoms with Crippen molar-refractivity contribution in [3.05, 3.63) is 64.2 Å². The van der Waals surface area contributed by atoms with E-state index in [-0.39, 0.29) is 17.9 Å². The summed E-state index contributed by atoms with van der Waals surface area (Å²) in [6.45, 7) is 0. The molecule has 2 aromatic carbocycles. The first kappa shape index (κ1) is 16.8. The normalized spacial score (nSPS) is 11.8. The van der Waals surface area contributed by atoms with E-state index in [1.54, 1.807) is 18.2 Å². The first-order valence-electron chi connectivity index (χ1n) is 6.62. The van der Waals surface area contributed by atoms with Gasteiger partial charge in [0.25, 0.3) is 5.69 Å². The number of carboxylic acid groups (broad SMARTS) is 1. The lowest BCUT2D eigenvalue weighted by Crippen LogP contribution is -2.44. The summed E-state index contributed by atoms with van der Waals surface area (Å²) in [5, 5.41) is 31.4. The predicted molar refractivity (Wildman–Crippen MR) is 82.7 cm³/mol. The molecule has 0 unspecified atom stereocenters. The molecule has 0 radical (unpaired) electrons. The van der Waals surface area contributed by atoms with Gasteiger partial charge in [-0.1, -0.05) is 24.3 Å². The van der Waals surface area contributed by atoms with E-state index in [4.69, 9.17) is 0 Å². The number of carboxylic acids is 1. The van der Waals surface area contributed by atoms with Gasteiger partial charge in [-0.3, -0.25) is 14.8 Å². The maximum atomic E-state index is 11.2. The van der Waals surface area contributed by atoms with Gasteiger partial charge in [0.05, 0.1) is 16.9 Å². The molecule has 0 amide bonds. The number of phenolic OH excluding ortho intramolecular Hbond substituents is 1. The molecule has 0 heterocycles. The number of aliphatic carboxylic acids is 1.